The minimum absolute atomic E-state index is 0. The van der Waals surface area contributed by atoms with Crippen molar-refractivity contribution in [2.45, 2.75) is 26.2 Å². The fraction of sp³-hybridized carbons (Fsp3) is 0.103. The molecular weight excluding hydrogens is 631 g/mol. The number of hydrogen-bond donors (Lipinski definition) is 0. The molecule has 0 saturated heterocycles. The van der Waals surface area contributed by atoms with Crippen LogP contribution in [0, 0.1) is 0 Å². The van der Waals surface area contributed by atoms with Crippen LogP contribution in [0.25, 0.3) is 11.1 Å². The molecule has 0 amide bonds. The Labute approximate surface area is 269 Å². The zero-order chi connectivity index (χ0) is 26.9. The van der Waals surface area contributed by atoms with Crippen LogP contribution in [0.5, 0.6) is 0 Å². The van der Waals surface area contributed by atoms with Crippen molar-refractivity contribution in [2.24, 2.45) is 0 Å². The van der Waals surface area contributed by atoms with Crippen LogP contribution in [0.1, 0.15) is 41.2 Å². The van der Waals surface area contributed by atoms with Gasteiger partial charge in [0.15, 0.2) is 0 Å². The molecule has 0 aromatic heterocycles. The van der Waals surface area contributed by atoms with Gasteiger partial charge in [0.05, 0.1) is 0 Å². The van der Waals surface area contributed by atoms with Gasteiger partial charge in [-0.1, -0.05) is 0 Å². The number of halogens is 2. The zero-order valence-electron chi connectivity index (χ0n) is 23.7. The Kier molecular flexibility index (Phi) is 9.75. The standard InChI is InChI=1S/C13H9.C13H13.C13H10.2ClH.Zr/c1-3-7-12-10(5-1)9-11-6-2-4-8-13(11)12;1-11-6-5-9-13(11)10-12-7-3-2-4-8-12;1-3-7-12(8-4-1)11-13-9-5-2-6-10-13;;;/h1-5,7-8H,9H2;2-4,6-8H,9-10H2,1H3;1-10H;2*1H;/q;;;;;+2/p-2. The van der Waals surface area contributed by atoms with Gasteiger partial charge in [-0.25, -0.2) is 0 Å². The number of hydrogen-bond acceptors (Lipinski definition) is 0. The SMILES string of the molecule is CC1=C(Cc2ccccc2)C[C]([Zr+2](=[C](c2ccccc2)c2ccccc2)[c]2cccc3c2Cc2ccccc2-3)=C1.[Cl-].[Cl-]. The van der Waals surface area contributed by atoms with E-state index in [4.69, 9.17) is 0 Å². The quantitative estimate of drug-likeness (QED) is 0.258. The Morgan fingerprint density at radius 1 is 0.595 bits per heavy atom. The first kappa shape index (κ1) is 30.4. The van der Waals surface area contributed by atoms with Gasteiger partial charge in [-0.15, -0.1) is 0 Å². The maximum Gasteiger partial charge on any atom is -1.00 e. The van der Waals surface area contributed by atoms with Gasteiger partial charge in [0.25, 0.3) is 0 Å². The second-order valence-electron chi connectivity index (χ2n) is 10.9. The van der Waals surface area contributed by atoms with E-state index in [0.717, 1.165) is 19.3 Å². The van der Waals surface area contributed by atoms with Gasteiger partial charge in [0.2, 0.25) is 0 Å². The number of benzene rings is 5. The average Bonchev–Trinajstić information content (AvgIpc) is 3.57. The maximum atomic E-state index is 2.58. The van der Waals surface area contributed by atoms with Crippen LogP contribution in [0.2, 0.25) is 0 Å². The minimum Gasteiger partial charge on any atom is -1.00 e. The smallest absolute Gasteiger partial charge is 1.00 e. The molecule has 0 spiro atoms. The molecule has 0 bridgehead atoms. The fourth-order valence-corrected chi connectivity index (χ4v) is 14.8. The molecule has 5 aromatic carbocycles. The van der Waals surface area contributed by atoms with E-state index in [1.165, 1.54) is 39.0 Å². The summed E-state index contributed by atoms with van der Waals surface area (Å²) in [5.74, 6) is 0. The molecule has 5 aromatic rings. The van der Waals surface area contributed by atoms with Gasteiger partial charge in [0.1, 0.15) is 0 Å². The van der Waals surface area contributed by atoms with Crippen molar-refractivity contribution in [1.82, 2.24) is 0 Å². The summed E-state index contributed by atoms with van der Waals surface area (Å²) in [6.45, 7) is 2.34. The Bertz CT molecular complexity index is 1760. The van der Waals surface area contributed by atoms with Gasteiger partial charge in [-0.3, -0.25) is 0 Å². The maximum absolute atomic E-state index is 2.67. The number of rotatable bonds is 6. The van der Waals surface area contributed by atoms with Crippen LogP contribution in [0.4, 0.5) is 0 Å². The summed E-state index contributed by atoms with van der Waals surface area (Å²) in [6, 6.07) is 49.6. The van der Waals surface area contributed by atoms with Gasteiger partial charge in [-0.05, 0) is 0 Å². The molecule has 0 heterocycles. The van der Waals surface area contributed by atoms with E-state index in [1.54, 1.807) is 20.9 Å². The molecule has 0 radical (unpaired) electrons. The summed E-state index contributed by atoms with van der Waals surface area (Å²) in [6.07, 6.45) is 5.75. The molecule has 42 heavy (non-hydrogen) atoms. The number of fused-ring (bicyclic) bond motifs is 3. The van der Waals surface area contributed by atoms with E-state index in [2.05, 4.69) is 146 Å². The molecule has 206 valence electrons. The van der Waals surface area contributed by atoms with Gasteiger partial charge < -0.3 is 24.8 Å². The third kappa shape index (κ3) is 5.89. The van der Waals surface area contributed by atoms with E-state index in [9.17, 15) is 0 Å². The molecule has 0 saturated carbocycles. The molecule has 2 aliphatic carbocycles. The average molecular weight is 663 g/mol. The summed E-state index contributed by atoms with van der Waals surface area (Å²) in [4.78, 5) is 0. The first-order chi connectivity index (χ1) is 19.8. The molecule has 0 fully saturated rings. The van der Waals surface area contributed by atoms with E-state index < -0.39 is 21.3 Å². The molecule has 7 rings (SSSR count). The van der Waals surface area contributed by atoms with Crippen molar-refractivity contribution in [3.8, 4) is 11.1 Å². The predicted octanol–water partition coefficient (Wildman–Crippen LogP) is 2.63. The van der Waals surface area contributed by atoms with Crippen LogP contribution < -0.4 is 28.1 Å². The fourth-order valence-electron chi connectivity index (χ4n) is 6.51. The van der Waals surface area contributed by atoms with Crippen molar-refractivity contribution in [2.75, 3.05) is 0 Å². The summed E-state index contributed by atoms with van der Waals surface area (Å²) in [7, 11) is 0. The van der Waals surface area contributed by atoms with Crippen molar-refractivity contribution in [3.05, 3.63) is 182 Å². The third-order valence-corrected chi connectivity index (χ3v) is 15.9. The monoisotopic (exact) mass is 660 g/mol. The van der Waals surface area contributed by atoms with Crippen LogP contribution in [-0.2, 0) is 34.1 Å². The van der Waals surface area contributed by atoms with Gasteiger partial charge in [-0.2, -0.15) is 0 Å². The predicted molar refractivity (Wildman–Crippen MR) is 166 cm³/mol. The molecule has 0 N–H and O–H groups in total. The van der Waals surface area contributed by atoms with Crippen LogP contribution >= 0.6 is 0 Å². The van der Waals surface area contributed by atoms with Crippen LogP contribution in [0.15, 0.2) is 154 Å². The molecule has 0 atom stereocenters. The number of allylic oxidation sites excluding steroid dienone is 4. The van der Waals surface area contributed by atoms with E-state index >= 15 is 0 Å². The van der Waals surface area contributed by atoms with E-state index in [0.29, 0.717) is 0 Å². The summed E-state index contributed by atoms with van der Waals surface area (Å²) in [5.41, 5.74) is 13.1. The van der Waals surface area contributed by atoms with Crippen molar-refractivity contribution >= 4 is 6.48 Å². The molecule has 3 heteroatoms. The topological polar surface area (TPSA) is 0 Å². The van der Waals surface area contributed by atoms with E-state index in [1.807, 2.05) is 0 Å². The zero-order valence-corrected chi connectivity index (χ0v) is 27.6. The molecule has 0 aliphatic heterocycles. The van der Waals surface area contributed by atoms with Gasteiger partial charge >= 0.3 is 247 Å². The van der Waals surface area contributed by atoms with Crippen molar-refractivity contribution < 1.29 is 46.1 Å². The van der Waals surface area contributed by atoms with Crippen LogP contribution in [-0.4, -0.2) is 3.21 Å². The second-order valence-corrected chi connectivity index (χ2v) is 16.9. The Morgan fingerprint density at radius 3 is 1.83 bits per heavy atom. The van der Waals surface area contributed by atoms with Crippen molar-refractivity contribution in [3.63, 3.8) is 0 Å². The molecular formula is C39H32Cl2Zr. The summed E-state index contributed by atoms with van der Waals surface area (Å²) < 4.78 is 4.92. The Hall–Kier alpha value is -3.09. The van der Waals surface area contributed by atoms with Crippen molar-refractivity contribution in [1.29, 1.82) is 0 Å². The normalized spacial score (nSPS) is 12.7. The van der Waals surface area contributed by atoms with E-state index in [-0.39, 0.29) is 24.8 Å². The largest absolute Gasteiger partial charge is 1.00 e. The summed E-state index contributed by atoms with van der Waals surface area (Å²) >= 11 is -2.67. The molecule has 2 aliphatic rings. The Balaban J connectivity index is 0.00000176. The molecule has 0 unspecified atom stereocenters. The third-order valence-electron chi connectivity index (χ3n) is 8.43. The first-order valence-corrected chi connectivity index (χ1v) is 17.9. The molecule has 0 nitrogen and oxygen atoms in total. The van der Waals surface area contributed by atoms with Gasteiger partial charge in [0, 0.05) is 0 Å². The minimum atomic E-state index is -2.67. The first-order valence-electron chi connectivity index (χ1n) is 14.3. The summed E-state index contributed by atoms with van der Waals surface area (Å²) in [5, 5.41) is 0. The second kappa shape index (κ2) is 13.5. The van der Waals surface area contributed by atoms with Crippen LogP contribution in [0.3, 0.4) is 0 Å². The Morgan fingerprint density at radius 2 is 1.17 bits per heavy atom.